The Kier molecular flexibility index (Phi) is 5.32. The van der Waals surface area contributed by atoms with Crippen LogP contribution in [0.25, 0.3) is 0 Å². The Hall–Kier alpha value is -3.06. The molecule has 2 N–H and O–H groups in total. The van der Waals surface area contributed by atoms with Crippen LogP contribution in [0.2, 0.25) is 5.02 Å². The lowest BCUT2D eigenvalue weighted by molar-refractivity contribution is 0.102. The topological polar surface area (TPSA) is 66.9 Å². The van der Waals surface area contributed by atoms with E-state index < -0.39 is 17.5 Å². The van der Waals surface area contributed by atoms with Gasteiger partial charge in [0.1, 0.15) is 5.69 Å². The molecular formula is C19H15ClF2N4O. The van der Waals surface area contributed by atoms with Crippen molar-refractivity contribution in [2.75, 3.05) is 10.6 Å². The summed E-state index contributed by atoms with van der Waals surface area (Å²) in [5.74, 6) is -2.29. The molecule has 0 radical (unpaired) electrons. The van der Waals surface area contributed by atoms with E-state index in [0.29, 0.717) is 16.4 Å². The predicted molar refractivity (Wildman–Crippen MR) is 101 cm³/mol. The monoisotopic (exact) mass is 388 g/mol. The zero-order valence-corrected chi connectivity index (χ0v) is 15.2. The van der Waals surface area contributed by atoms with E-state index in [1.165, 1.54) is 12.1 Å². The molecule has 2 aromatic carbocycles. The van der Waals surface area contributed by atoms with Crippen LogP contribution in [0.4, 0.5) is 26.1 Å². The van der Waals surface area contributed by atoms with Crippen molar-refractivity contribution < 1.29 is 13.6 Å². The second-order valence-electron chi connectivity index (χ2n) is 5.89. The van der Waals surface area contributed by atoms with Gasteiger partial charge in [0.15, 0.2) is 11.6 Å². The number of carbonyl (C=O) groups is 1. The number of nitrogens with zero attached hydrogens (tertiary/aromatic N) is 2. The van der Waals surface area contributed by atoms with Gasteiger partial charge in [-0.25, -0.2) is 18.7 Å². The first-order valence-electron chi connectivity index (χ1n) is 7.97. The van der Waals surface area contributed by atoms with Gasteiger partial charge in [-0.15, -0.1) is 0 Å². The van der Waals surface area contributed by atoms with Crippen LogP contribution in [0.1, 0.15) is 21.7 Å². The molecule has 0 saturated carbocycles. The number of halogens is 3. The lowest BCUT2D eigenvalue weighted by Crippen LogP contribution is -2.16. The third-order valence-electron chi connectivity index (χ3n) is 3.70. The molecule has 3 rings (SSSR count). The Labute approximate surface area is 159 Å². The maximum Gasteiger partial charge on any atom is 0.274 e. The Balaban J connectivity index is 1.83. The van der Waals surface area contributed by atoms with Gasteiger partial charge in [0, 0.05) is 28.2 Å². The van der Waals surface area contributed by atoms with Crippen molar-refractivity contribution in [1.29, 1.82) is 0 Å². The number of benzene rings is 2. The van der Waals surface area contributed by atoms with Crippen LogP contribution in [0.5, 0.6) is 0 Å². The smallest absolute Gasteiger partial charge is 0.274 e. The summed E-state index contributed by atoms with van der Waals surface area (Å²) in [4.78, 5) is 20.8. The van der Waals surface area contributed by atoms with Gasteiger partial charge < -0.3 is 10.6 Å². The molecule has 3 aromatic rings. The molecule has 0 fully saturated rings. The van der Waals surface area contributed by atoms with Crippen LogP contribution in [0.3, 0.4) is 0 Å². The highest BCUT2D eigenvalue weighted by atomic mass is 35.5. The van der Waals surface area contributed by atoms with Crippen LogP contribution in [0.15, 0.2) is 42.5 Å². The molecule has 0 aliphatic rings. The number of amides is 1. The highest BCUT2D eigenvalue weighted by molar-refractivity contribution is 6.30. The number of aromatic nitrogens is 2. The number of carbonyl (C=O) groups excluding carboxylic acids is 1. The maximum atomic E-state index is 13.3. The van der Waals surface area contributed by atoms with Crippen molar-refractivity contribution in [3.8, 4) is 0 Å². The second kappa shape index (κ2) is 7.67. The zero-order valence-electron chi connectivity index (χ0n) is 14.5. The number of hydrogen-bond donors (Lipinski definition) is 2. The standard InChI is InChI=1S/C19H15ClF2N4O/c1-10-7-12(20)3-6-16(10)25-18(27)17-8-11(2)23-19(26-17)24-13-4-5-14(21)15(22)9-13/h3-9H,1-2H3,(H,25,27)(H,23,24,26). The summed E-state index contributed by atoms with van der Waals surface area (Å²) in [6.07, 6.45) is 0. The third-order valence-corrected chi connectivity index (χ3v) is 3.93. The van der Waals surface area contributed by atoms with Gasteiger partial charge in [0.2, 0.25) is 5.95 Å². The van der Waals surface area contributed by atoms with Crippen LogP contribution >= 0.6 is 11.6 Å². The SMILES string of the molecule is Cc1cc(C(=O)Nc2ccc(Cl)cc2C)nc(Nc2ccc(F)c(F)c2)n1. The number of hydrogen-bond acceptors (Lipinski definition) is 4. The molecule has 0 aliphatic heterocycles. The van der Waals surface area contributed by atoms with E-state index in [1.807, 2.05) is 6.92 Å². The van der Waals surface area contributed by atoms with Gasteiger partial charge in [0.25, 0.3) is 5.91 Å². The minimum atomic E-state index is -0.996. The summed E-state index contributed by atoms with van der Waals surface area (Å²) in [7, 11) is 0. The van der Waals surface area contributed by atoms with E-state index in [4.69, 9.17) is 11.6 Å². The Morgan fingerprint density at radius 2 is 1.78 bits per heavy atom. The van der Waals surface area contributed by atoms with Gasteiger partial charge in [-0.2, -0.15) is 0 Å². The predicted octanol–water partition coefficient (Wildman–Crippen LogP) is 5.02. The summed E-state index contributed by atoms with van der Waals surface area (Å²) in [5, 5.41) is 6.10. The molecule has 5 nitrogen and oxygen atoms in total. The Bertz CT molecular complexity index is 1030. The number of anilines is 3. The molecule has 1 heterocycles. The van der Waals surface area contributed by atoms with E-state index in [2.05, 4.69) is 20.6 Å². The average Bonchev–Trinajstić information content (AvgIpc) is 2.60. The lowest BCUT2D eigenvalue weighted by atomic mass is 10.2. The van der Waals surface area contributed by atoms with E-state index >= 15 is 0 Å². The molecule has 1 aromatic heterocycles. The molecule has 0 spiro atoms. The number of aryl methyl sites for hydroxylation is 2. The Morgan fingerprint density at radius 3 is 2.48 bits per heavy atom. The molecule has 0 unspecified atom stereocenters. The van der Waals surface area contributed by atoms with Gasteiger partial charge in [-0.3, -0.25) is 4.79 Å². The molecule has 138 valence electrons. The van der Waals surface area contributed by atoms with Crippen molar-refractivity contribution in [2.45, 2.75) is 13.8 Å². The van der Waals surface area contributed by atoms with Gasteiger partial charge in [-0.05, 0) is 55.8 Å². The molecule has 0 bridgehead atoms. The first-order chi connectivity index (χ1) is 12.8. The molecule has 27 heavy (non-hydrogen) atoms. The van der Waals surface area contributed by atoms with Crippen molar-refractivity contribution >= 4 is 34.8 Å². The molecule has 0 atom stereocenters. The van der Waals surface area contributed by atoms with Crippen LogP contribution in [0, 0.1) is 25.5 Å². The summed E-state index contributed by atoms with van der Waals surface area (Å²) >= 11 is 5.92. The first kappa shape index (κ1) is 18.7. The van der Waals surface area contributed by atoms with Crippen molar-refractivity contribution in [2.24, 2.45) is 0 Å². The molecule has 0 aliphatic carbocycles. The summed E-state index contributed by atoms with van der Waals surface area (Å²) in [5.41, 5.74) is 2.34. The van der Waals surface area contributed by atoms with E-state index in [1.54, 1.807) is 25.1 Å². The van der Waals surface area contributed by atoms with Gasteiger partial charge >= 0.3 is 0 Å². The molecular weight excluding hydrogens is 374 g/mol. The molecule has 8 heteroatoms. The van der Waals surface area contributed by atoms with Crippen LogP contribution in [-0.2, 0) is 0 Å². The highest BCUT2D eigenvalue weighted by Crippen LogP contribution is 2.21. The fourth-order valence-electron chi connectivity index (χ4n) is 2.40. The first-order valence-corrected chi connectivity index (χ1v) is 8.35. The second-order valence-corrected chi connectivity index (χ2v) is 6.32. The number of rotatable bonds is 4. The summed E-state index contributed by atoms with van der Waals surface area (Å²) in [6.45, 7) is 3.52. The minimum Gasteiger partial charge on any atom is -0.324 e. The van der Waals surface area contributed by atoms with E-state index in [9.17, 15) is 13.6 Å². The molecule has 0 saturated heterocycles. The van der Waals surface area contributed by atoms with Crippen molar-refractivity contribution in [3.63, 3.8) is 0 Å². The van der Waals surface area contributed by atoms with Gasteiger partial charge in [-0.1, -0.05) is 11.6 Å². The minimum absolute atomic E-state index is 0.0963. The summed E-state index contributed by atoms with van der Waals surface area (Å²) in [6, 6.07) is 9.95. The fraction of sp³-hybridized carbons (Fsp3) is 0.105. The number of nitrogens with one attached hydrogen (secondary N) is 2. The van der Waals surface area contributed by atoms with Gasteiger partial charge in [0.05, 0.1) is 0 Å². The van der Waals surface area contributed by atoms with Crippen LogP contribution < -0.4 is 10.6 Å². The maximum absolute atomic E-state index is 13.3. The fourth-order valence-corrected chi connectivity index (χ4v) is 2.62. The normalized spacial score (nSPS) is 10.6. The lowest BCUT2D eigenvalue weighted by Gasteiger charge is -2.10. The van der Waals surface area contributed by atoms with E-state index in [-0.39, 0.29) is 17.3 Å². The zero-order chi connectivity index (χ0) is 19.6. The van der Waals surface area contributed by atoms with Crippen LogP contribution in [-0.4, -0.2) is 15.9 Å². The quantitative estimate of drug-likeness (QED) is 0.658. The van der Waals surface area contributed by atoms with E-state index in [0.717, 1.165) is 17.7 Å². The third kappa shape index (κ3) is 4.57. The Morgan fingerprint density at radius 1 is 1.00 bits per heavy atom. The average molecular weight is 389 g/mol. The molecule has 1 amide bonds. The summed E-state index contributed by atoms with van der Waals surface area (Å²) < 4.78 is 26.4. The highest BCUT2D eigenvalue weighted by Gasteiger charge is 2.13. The van der Waals surface area contributed by atoms with Crippen molar-refractivity contribution in [1.82, 2.24) is 9.97 Å². The van der Waals surface area contributed by atoms with Crippen molar-refractivity contribution in [3.05, 3.63) is 76.1 Å². The largest absolute Gasteiger partial charge is 0.324 e.